The van der Waals surface area contributed by atoms with Crippen molar-refractivity contribution in [1.29, 1.82) is 0 Å². The summed E-state index contributed by atoms with van der Waals surface area (Å²) in [7, 11) is -3.71. The van der Waals surface area contributed by atoms with E-state index in [0.717, 1.165) is 5.69 Å². The molecule has 0 amide bonds. The van der Waals surface area contributed by atoms with E-state index in [1.165, 1.54) is 6.20 Å². The fourth-order valence-corrected chi connectivity index (χ4v) is 3.80. The minimum absolute atomic E-state index is 0.157. The Hall–Kier alpha value is -2.94. The molecule has 0 saturated carbocycles. The molecule has 0 bridgehead atoms. The maximum absolute atomic E-state index is 12.5. The SMILES string of the molecule is Cc1n[nH]c(C)c1S(=O)(=O)Nc1ccc(NCc2ccccn2)nc1. The maximum atomic E-state index is 12.5. The van der Waals surface area contributed by atoms with Crippen molar-refractivity contribution in [2.24, 2.45) is 0 Å². The predicted octanol–water partition coefficient (Wildman–Crippen LogP) is 2.23. The Bertz CT molecular complexity index is 933. The lowest BCUT2D eigenvalue weighted by Crippen LogP contribution is -2.15. The normalized spacial score (nSPS) is 11.3. The number of pyridine rings is 2. The molecule has 0 saturated heterocycles. The van der Waals surface area contributed by atoms with Gasteiger partial charge < -0.3 is 5.32 Å². The molecule has 3 N–H and O–H groups in total. The van der Waals surface area contributed by atoms with E-state index in [2.05, 4.69) is 30.2 Å². The molecule has 0 aliphatic heterocycles. The van der Waals surface area contributed by atoms with Crippen LogP contribution in [0.2, 0.25) is 0 Å². The van der Waals surface area contributed by atoms with Crippen LogP contribution in [0.3, 0.4) is 0 Å². The molecule has 3 heterocycles. The lowest BCUT2D eigenvalue weighted by Gasteiger charge is -2.09. The molecule has 0 aromatic carbocycles. The van der Waals surface area contributed by atoms with Gasteiger partial charge in [0.05, 0.1) is 35.5 Å². The Morgan fingerprint density at radius 3 is 2.56 bits per heavy atom. The molecule has 0 aliphatic carbocycles. The number of anilines is 2. The quantitative estimate of drug-likeness (QED) is 0.623. The van der Waals surface area contributed by atoms with Gasteiger partial charge in [0.15, 0.2) is 0 Å². The molecule has 130 valence electrons. The van der Waals surface area contributed by atoms with Gasteiger partial charge >= 0.3 is 0 Å². The third-order valence-corrected chi connectivity index (χ3v) is 5.17. The number of hydrogen-bond donors (Lipinski definition) is 3. The van der Waals surface area contributed by atoms with Gasteiger partial charge in [-0.1, -0.05) is 6.07 Å². The first-order valence-corrected chi connectivity index (χ1v) is 9.08. The Labute approximate surface area is 145 Å². The zero-order valence-corrected chi connectivity index (χ0v) is 14.6. The van der Waals surface area contributed by atoms with Gasteiger partial charge in [0.2, 0.25) is 0 Å². The topological polar surface area (TPSA) is 113 Å². The van der Waals surface area contributed by atoms with Gasteiger partial charge in [0.25, 0.3) is 10.0 Å². The van der Waals surface area contributed by atoms with Crippen LogP contribution in [0.25, 0.3) is 0 Å². The van der Waals surface area contributed by atoms with E-state index in [1.54, 1.807) is 32.2 Å². The van der Waals surface area contributed by atoms with Gasteiger partial charge in [-0.15, -0.1) is 0 Å². The highest BCUT2D eigenvalue weighted by Gasteiger charge is 2.22. The third kappa shape index (κ3) is 3.94. The second-order valence-corrected chi connectivity index (χ2v) is 7.09. The van der Waals surface area contributed by atoms with Gasteiger partial charge in [0.1, 0.15) is 10.7 Å². The van der Waals surface area contributed by atoms with Crippen LogP contribution in [0.15, 0.2) is 47.6 Å². The molecule has 3 aromatic heterocycles. The number of aromatic amines is 1. The summed E-state index contributed by atoms with van der Waals surface area (Å²) in [5.41, 5.74) is 2.18. The summed E-state index contributed by atoms with van der Waals surface area (Å²) in [5.74, 6) is 0.629. The van der Waals surface area contributed by atoms with Gasteiger partial charge in [-0.3, -0.25) is 14.8 Å². The Balaban J connectivity index is 1.68. The summed E-state index contributed by atoms with van der Waals surface area (Å²) in [5, 5.41) is 9.72. The van der Waals surface area contributed by atoms with Crippen molar-refractivity contribution in [1.82, 2.24) is 20.2 Å². The molecule has 3 aromatic rings. The van der Waals surface area contributed by atoms with Gasteiger partial charge in [-0.05, 0) is 38.1 Å². The van der Waals surface area contributed by atoms with Gasteiger partial charge in [-0.2, -0.15) is 5.10 Å². The van der Waals surface area contributed by atoms with E-state index in [0.29, 0.717) is 29.4 Å². The minimum atomic E-state index is -3.71. The van der Waals surface area contributed by atoms with Crippen molar-refractivity contribution < 1.29 is 8.42 Å². The summed E-state index contributed by atoms with van der Waals surface area (Å²) < 4.78 is 27.5. The van der Waals surface area contributed by atoms with Crippen LogP contribution in [-0.2, 0) is 16.6 Å². The summed E-state index contributed by atoms with van der Waals surface area (Å²) >= 11 is 0. The number of aromatic nitrogens is 4. The number of H-pyrrole nitrogens is 1. The van der Waals surface area contributed by atoms with E-state index < -0.39 is 10.0 Å². The first-order chi connectivity index (χ1) is 12.0. The zero-order valence-electron chi connectivity index (χ0n) is 13.8. The standard InChI is InChI=1S/C16H18N6O2S/c1-11-16(12(2)21-20-11)25(23,24)22-14-6-7-15(19-10-14)18-9-13-5-3-4-8-17-13/h3-8,10,22H,9H2,1-2H3,(H,18,19)(H,20,21). The zero-order chi connectivity index (χ0) is 17.9. The molecule has 3 rings (SSSR count). The molecule has 0 aliphatic rings. The Morgan fingerprint density at radius 2 is 1.96 bits per heavy atom. The largest absolute Gasteiger partial charge is 0.364 e. The molecule has 25 heavy (non-hydrogen) atoms. The van der Waals surface area contributed by atoms with Crippen molar-refractivity contribution in [3.05, 3.63) is 59.8 Å². The second-order valence-electron chi connectivity index (χ2n) is 5.48. The van der Waals surface area contributed by atoms with Crippen molar-refractivity contribution in [3.8, 4) is 0 Å². The molecular weight excluding hydrogens is 340 g/mol. The van der Waals surface area contributed by atoms with Gasteiger partial charge in [0, 0.05) is 6.20 Å². The molecule has 0 unspecified atom stereocenters. The monoisotopic (exact) mass is 358 g/mol. The highest BCUT2D eigenvalue weighted by atomic mass is 32.2. The highest BCUT2D eigenvalue weighted by molar-refractivity contribution is 7.92. The van der Waals surface area contributed by atoms with Crippen molar-refractivity contribution in [3.63, 3.8) is 0 Å². The average molecular weight is 358 g/mol. The van der Waals surface area contributed by atoms with Crippen LogP contribution in [0.5, 0.6) is 0 Å². The predicted molar refractivity (Wildman–Crippen MR) is 94.7 cm³/mol. The Morgan fingerprint density at radius 1 is 1.12 bits per heavy atom. The third-order valence-electron chi connectivity index (χ3n) is 3.52. The lowest BCUT2D eigenvalue weighted by atomic mass is 10.3. The lowest BCUT2D eigenvalue weighted by molar-refractivity contribution is 0.600. The fraction of sp³-hybridized carbons (Fsp3) is 0.188. The van der Waals surface area contributed by atoms with Crippen molar-refractivity contribution in [2.45, 2.75) is 25.3 Å². The molecule has 0 radical (unpaired) electrons. The smallest absolute Gasteiger partial charge is 0.265 e. The van der Waals surface area contributed by atoms with E-state index in [4.69, 9.17) is 0 Å². The van der Waals surface area contributed by atoms with Crippen molar-refractivity contribution >= 4 is 21.5 Å². The molecule has 0 atom stereocenters. The van der Waals surface area contributed by atoms with E-state index in [-0.39, 0.29) is 4.90 Å². The number of sulfonamides is 1. The van der Waals surface area contributed by atoms with Crippen molar-refractivity contribution in [2.75, 3.05) is 10.0 Å². The van der Waals surface area contributed by atoms with Crippen LogP contribution < -0.4 is 10.0 Å². The van der Waals surface area contributed by atoms with Gasteiger partial charge in [-0.25, -0.2) is 13.4 Å². The fourth-order valence-electron chi connectivity index (χ4n) is 2.39. The summed E-state index contributed by atoms with van der Waals surface area (Å²) in [6.45, 7) is 3.84. The number of rotatable bonds is 6. The van der Waals surface area contributed by atoms with E-state index in [9.17, 15) is 8.42 Å². The highest BCUT2D eigenvalue weighted by Crippen LogP contribution is 2.21. The maximum Gasteiger partial charge on any atom is 0.265 e. The van der Waals surface area contributed by atoms with Crippen LogP contribution in [0.4, 0.5) is 11.5 Å². The molecule has 8 nitrogen and oxygen atoms in total. The average Bonchev–Trinajstić information content (AvgIpc) is 2.94. The summed E-state index contributed by atoms with van der Waals surface area (Å²) in [6, 6.07) is 9.03. The minimum Gasteiger partial charge on any atom is -0.364 e. The van der Waals surface area contributed by atoms with Crippen LogP contribution in [0, 0.1) is 13.8 Å². The Kier molecular flexibility index (Phi) is 4.66. The molecular formula is C16H18N6O2S. The summed E-state index contributed by atoms with van der Waals surface area (Å²) in [6.07, 6.45) is 3.19. The van der Waals surface area contributed by atoms with Crippen LogP contribution >= 0.6 is 0 Å². The number of aryl methyl sites for hydroxylation is 2. The molecule has 0 spiro atoms. The first-order valence-electron chi connectivity index (χ1n) is 7.60. The first kappa shape index (κ1) is 16.9. The number of nitrogens with zero attached hydrogens (tertiary/aromatic N) is 3. The van der Waals surface area contributed by atoms with E-state index >= 15 is 0 Å². The molecule has 0 fully saturated rings. The molecule has 9 heteroatoms. The summed E-state index contributed by atoms with van der Waals surface area (Å²) in [4.78, 5) is 8.59. The van der Waals surface area contributed by atoms with Crippen LogP contribution in [-0.4, -0.2) is 28.6 Å². The van der Waals surface area contributed by atoms with Crippen LogP contribution in [0.1, 0.15) is 17.1 Å². The number of nitrogens with one attached hydrogen (secondary N) is 3. The second kappa shape index (κ2) is 6.89. The van der Waals surface area contributed by atoms with E-state index in [1.807, 2.05) is 18.2 Å². The number of hydrogen-bond acceptors (Lipinski definition) is 6.